The third kappa shape index (κ3) is 8.97. The maximum Gasteiger partial charge on any atom is 0.326 e. The number of fused-ring (bicyclic) bond motifs is 1. The van der Waals surface area contributed by atoms with E-state index in [1.807, 2.05) is 38.1 Å². The number of benzene rings is 1. The molecule has 11 heteroatoms. The lowest BCUT2D eigenvalue weighted by Gasteiger charge is -2.22. The third-order valence-corrected chi connectivity index (χ3v) is 5.80. The van der Waals surface area contributed by atoms with Crippen molar-refractivity contribution >= 4 is 34.6 Å². The highest BCUT2D eigenvalue weighted by Crippen LogP contribution is 2.19. The number of carboxylic acids is 1. The average molecular weight is 503 g/mol. The fourth-order valence-corrected chi connectivity index (χ4v) is 3.91. The number of rotatable bonds is 15. The molecule has 1 aromatic carbocycles. The summed E-state index contributed by atoms with van der Waals surface area (Å²) in [7, 11) is 0. The van der Waals surface area contributed by atoms with E-state index in [2.05, 4.69) is 20.9 Å². The van der Waals surface area contributed by atoms with E-state index in [9.17, 15) is 24.3 Å². The van der Waals surface area contributed by atoms with Gasteiger partial charge in [-0.3, -0.25) is 14.4 Å². The first-order chi connectivity index (χ1) is 17.1. The predicted molar refractivity (Wildman–Crippen MR) is 137 cm³/mol. The molecule has 1 heterocycles. The molecule has 1 aromatic heterocycles. The van der Waals surface area contributed by atoms with Gasteiger partial charge in [0.2, 0.25) is 17.7 Å². The summed E-state index contributed by atoms with van der Waals surface area (Å²) in [5.74, 6) is -2.60. The molecule has 0 saturated heterocycles. The highest BCUT2D eigenvalue weighted by Gasteiger charge is 2.27. The summed E-state index contributed by atoms with van der Waals surface area (Å²) >= 11 is 0. The number of unbranched alkanes of at least 4 members (excludes halogenated alkanes) is 1. The maximum absolute atomic E-state index is 13.0. The van der Waals surface area contributed by atoms with Gasteiger partial charge in [-0.15, -0.1) is 0 Å². The number of para-hydroxylation sites is 1. The lowest BCUT2D eigenvalue weighted by Crippen LogP contribution is -2.54. The van der Waals surface area contributed by atoms with E-state index in [0.717, 1.165) is 16.5 Å². The lowest BCUT2D eigenvalue weighted by molar-refractivity contribution is -0.142. The number of aromatic nitrogens is 1. The van der Waals surface area contributed by atoms with Crippen LogP contribution in [0.25, 0.3) is 10.9 Å². The van der Waals surface area contributed by atoms with Crippen LogP contribution in [0, 0.1) is 5.92 Å². The van der Waals surface area contributed by atoms with Crippen molar-refractivity contribution in [2.75, 3.05) is 13.1 Å². The summed E-state index contributed by atoms with van der Waals surface area (Å²) in [6.45, 7) is 3.95. The Kier molecular flexibility index (Phi) is 11.4. The molecule has 0 aliphatic rings. The van der Waals surface area contributed by atoms with Crippen molar-refractivity contribution in [2.24, 2.45) is 17.4 Å². The fraction of sp³-hybridized carbons (Fsp3) is 0.520. The quantitative estimate of drug-likeness (QED) is 0.171. The Morgan fingerprint density at radius 1 is 1.03 bits per heavy atom. The van der Waals surface area contributed by atoms with Gasteiger partial charge in [0.25, 0.3) is 0 Å². The van der Waals surface area contributed by atoms with Crippen molar-refractivity contribution in [2.45, 2.75) is 64.1 Å². The van der Waals surface area contributed by atoms with Gasteiger partial charge in [-0.2, -0.15) is 0 Å². The van der Waals surface area contributed by atoms with Crippen molar-refractivity contribution in [1.29, 1.82) is 0 Å². The van der Waals surface area contributed by atoms with Crippen LogP contribution < -0.4 is 27.4 Å². The van der Waals surface area contributed by atoms with Crippen molar-refractivity contribution < 1.29 is 24.3 Å². The second kappa shape index (κ2) is 14.2. The fourth-order valence-electron chi connectivity index (χ4n) is 3.91. The number of hydrogen-bond acceptors (Lipinski definition) is 6. The van der Waals surface area contributed by atoms with Crippen LogP contribution in [0.3, 0.4) is 0 Å². The van der Waals surface area contributed by atoms with Crippen molar-refractivity contribution in [3.8, 4) is 0 Å². The minimum Gasteiger partial charge on any atom is -0.480 e. The minimum absolute atomic E-state index is 0.0678. The van der Waals surface area contributed by atoms with Gasteiger partial charge in [0.1, 0.15) is 12.1 Å². The van der Waals surface area contributed by atoms with E-state index < -0.39 is 41.8 Å². The standard InChI is InChI=1S/C25H38N6O5/c1-15(2)11-18(27)23(33)29-14-22(32)30-20(9-5-6-10-26)24(34)31-21(25(35)36)12-16-13-28-19-8-4-3-7-17(16)19/h3-4,7-8,13,15,18,20-21,28H,5-6,9-12,14,26-27H2,1-2H3,(H,29,33)(H,30,32)(H,31,34)(H,35,36). The zero-order valence-corrected chi connectivity index (χ0v) is 20.9. The largest absolute Gasteiger partial charge is 0.480 e. The van der Waals surface area contributed by atoms with Gasteiger partial charge < -0.3 is 37.5 Å². The highest BCUT2D eigenvalue weighted by atomic mass is 16.4. The molecule has 9 N–H and O–H groups in total. The van der Waals surface area contributed by atoms with Crippen molar-refractivity contribution in [3.05, 3.63) is 36.0 Å². The Bertz CT molecular complexity index is 1040. The molecule has 3 unspecified atom stereocenters. The van der Waals surface area contributed by atoms with Gasteiger partial charge in [0.15, 0.2) is 0 Å². The second-order valence-electron chi connectivity index (χ2n) is 9.32. The third-order valence-electron chi connectivity index (χ3n) is 5.80. The Balaban J connectivity index is 2.02. The molecular formula is C25H38N6O5. The first kappa shape index (κ1) is 28.8. The summed E-state index contributed by atoms with van der Waals surface area (Å²) in [4.78, 5) is 52.6. The number of nitrogens with one attached hydrogen (secondary N) is 4. The van der Waals surface area contributed by atoms with Gasteiger partial charge in [-0.25, -0.2) is 4.79 Å². The molecule has 0 aliphatic carbocycles. The van der Waals surface area contributed by atoms with Crippen molar-refractivity contribution in [1.82, 2.24) is 20.9 Å². The number of carboxylic acid groups (broad SMARTS) is 1. The Morgan fingerprint density at radius 2 is 1.75 bits per heavy atom. The first-order valence-electron chi connectivity index (χ1n) is 12.2. The van der Waals surface area contributed by atoms with Crippen LogP contribution in [0.2, 0.25) is 0 Å². The maximum atomic E-state index is 13.0. The first-order valence-corrected chi connectivity index (χ1v) is 12.2. The Labute approximate surface area is 210 Å². The van der Waals surface area contributed by atoms with Crippen LogP contribution in [0.4, 0.5) is 0 Å². The zero-order valence-electron chi connectivity index (χ0n) is 20.9. The van der Waals surface area contributed by atoms with Gasteiger partial charge in [0, 0.05) is 23.5 Å². The molecule has 0 saturated carbocycles. The van der Waals surface area contributed by atoms with E-state index in [-0.39, 0.29) is 25.3 Å². The van der Waals surface area contributed by atoms with Crippen LogP contribution >= 0.6 is 0 Å². The zero-order chi connectivity index (χ0) is 26.7. The number of aliphatic carboxylic acids is 1. The molecule has 0 fully saturated rings. The number of nitrogens with two attached hydrogens (primary N) is 2. The molecule has 2 rings (SSSR count). The molecule has 2 aromatic rings. The van der Waals surface area contributed by atoms with E-state index >= 15 is 0 Å². The molecule has 3 amide bonds. The molecule has 3 atom stereocenters. The topological polar surface area (TPSA) is 192 Å². The van der Waals surface area contributed by atoms with Crippen LogP contribution in [0.1, 0.15) is 45.1 Å². The van der Waals surface area contributed by atoms with Gasteiger partial charge >= 0.3 is 5.97 Å². The van der Waals surface area contributed by atoms with E-state index in [1.165, 1.54) is 0 Å². The van der Waals surface area contributed by atoms with Crippen LogP contribution in [0.5, 0.6) is 0 Å². The molecular weight excluding hydrogens is 464 g/mol. The van der Waals surface area contributed by atoms with E-state index in [1.54, 1.807) is 6.20 Å². The number of carbonyl (C=O) groups is 4. The molecule has 0 spiro atoms. The number of amides is 3. The van der Waals surface area contributed by atoms with Gasteiger partial charge in [-0.1, -0.05) is 32.0 Å². The van der Waals surface area contributed by atoms with Crippen LogP contribution in [-0.2, 0) is 25.6 Å². The molecule has 11 nitrogen and oxygen atoms in total. The normalized spacial score (nSPS) is 13.7. The number of carbonyl (C=O) groups excluding carboxylic acids is 3. The van der Waals surface area contributed by atoms with E-state index in [0.29, 0.717) is 25.8 Å². The number of aromatic amines is 1. The highest BCUT2D eigenvalue weighted by molar-refractivity contribution is 5.93. The Morgan fingerprint density at radius 3 is 2.42 bits per heavy atom. The molecule has 36 heavy (non-hydrogen) atoms. The van der Waals surface area contributed by atoms with Crippen LogP contribution in [0.15, 0.2) is 30.5 Å². The molecule has 0 bridgehead atoms. The molecule has 0 aliphatic heterocycles. The van der Waals surface area contributed by atoms with Gasteiger partial charge in [-0.05, 0) is 49.8 Å². The number of H-pyrrole nitrogens is 1. The smallest absolute Gasteiger partial charge is 0.326 e. The molecule has 198 valence electrons. The predicted octanol–water partition coefficient (Wildman–Crippen LogP) is 0.383. The summed E-state index contributed by atoms with van der Waals surface area (Å²) in [6.07, 6.45) is 3.73. The van der Waals surface area contributed by atoms with Crippen LogP contribution in [-0.4, -0.2) is 65.0 Å². The summed E-state index contributed by atoms with van der Waals surface area (Å²) < 4.78 is 0. The monoisotopic (exact) mass is 502 g/mol. The SMILES string of the molecule is CC(C)CC(N)C(=O)NCC(=O)NC(CCCCN)C(=O)NC(Cc1c[nH]c2ccccc12)C(=O)O. The summed E-state index contributed by atoms with van der Waals surface area (Å²) in [6, 6.07) is 4.57. The summed E-state index contributed by atoms with van der Waals surface area (Å²) in [5.41, 5.74) is 13.0. The van der Waals surface area contributed by atoms with Gasteiger partial charge in [0.05, 0.1) is 12.6 Å². The van der Waals surface area contributed by atoms with E-state index in [4.69, 9.17) is 11.5 Å². The van der Waals surface area contributed by atoms with Crippen molar-refractivity contribution in [3.63, 3.8) is 0 Å². The molecule has 0 radical (unpaired) electrons. The lowest BCUT2D eigenvalue weighted by atomic mass is 10.0. The number of hydrogen-bond donors (Lipinski definition) is 7. The Hall–Kier alpha value is -3.44. The average Bonchev–Trinajstić information content (AvgIpc) is 3.23. The second-order valence-corrected chi connectivity index (χ2v) is 9.32. The summed E-state index contributed by atoms with van der Waals surface area (Å²) in [5, 5.41) is 18.2. The minimum atomic E-state index is -1.20.